The van der Waals surface area contributed by atoms with Gasteiger partial charge in [0.1, 0.15) is 12.4 Å². The lowest BCUT2D eigenvalue weighted by Crippen LogP contribution is -1.95. The first-order valence-electron chi connectivity index (χ1n) is 6.03. The van der Waals surface area contributed by atoms with Crippen LogP contribution in [0.15, 0.2) is 53.1 Å². The van der Waals surface area contributed by atoms with E-state index in [2.05, 4.69) is 15.9 Å². The summed E-state index contributed by atoms with van der Waals surface area (Å²) in [6, 6.07) is 12.8. The van der Waals surface area contributed by atoms with E-state index in [1.165, 1.54) is 6.08 Å². The zero-order valence-corrected chi connectivity index (χ0v) is 13.2. The highest BCUT2D eigenvalue weighted by Gasteiger charge is 2.03. The number of benzene rings is 2. The first-order chi connectivity index (χ1) is 10.0. The van der Waals surface area contributed by atoms with E-state index in [-0.39, 0.29) is 0 Å². The summed E-state index contributed by atoms with van der Waals surface area (Å²) in [6.07, 6.45) is 2.25. The lowest BCUT2D eigenvalue weighted by Gasteiger charge is -2.08. The van der Waals surface area contributed by atoms with Gasteiger partial charge in [0.25, 0.3) is 0 Å². The largest absolute Gasteiger partial charge is 0.487 e. The second-order valence-electron chi connectivity index (χ2n) is 4.21. The van der Waals surface area contributed by atoms with Crippen LogP contribution in [0.25, 0.3) is 6.08 Å². The molecule has 4 nitrogen and oxygen atoms in total. The number of hydrogen-bond donors (Lipinski definition) is 0. The number of rotatable bonds is 5. The fourth-order valence-corrected chi connectivity index (χ4v) is 2.13. The van der Waals surface area contributed by atoms with Crippen LogP contribution in [0.1, 0.15) is 11.1 Å². The van der Waals surface area contributed by atoms with Crippen LogP contribution in [0.5, 0.6) is 5.75 Å². The monoisotopic (exact) mass is 367 g/mol. The SMILES string of the molecule is O=[N+]([O-])C=Cc1ccc(OCc2ccc(Br)cc2)c(Cl)c1. The van der Waals surface area contributed by atoms with Crippen molar-refractivity contribution in [1.29, 1.82) is 0 Å². The van der Waals surface area contributed by atoms with Crippen molar-refractivity contribution in [2.45, 2.75) is 6.61 Å². The minimum Gasteiger partial charge on any atom is -0.487 e. The van der Waals surface area contributed by atoms with Crippen molar-refractivity contribution in [3.05, 3.63) is 79.4 Å². The predicted molar refractivity (Wildman–Crippen MR) is 86.0 cm³/mol. The third-order valence-electron chi connectivity index (χ3n) is 2.65. The Kier molecular flexibility index (Phi) is 5.36. The Morgan fingerprint density at radius 2 is 1.95 bits per heavy atom. The molecule has 0 spiro atoms. The van der Waals surface area contributed by atoms with Crippen molar-refractivity contribution in [3.8, 4) is 5.75 Å². The van der Waals surface area contributed by atoms with Crippen LogP contribution < -0.4 is 4.74 Å². The molecule has 0 saturated heterocycles. The van der Waals surface area contributed by atoms with Gasteiger partial charge in [-0.25, -0.2) is 0 Å². The molecule has 0 aliphatic heterocycles. The molecule has 0 atom stereocenters. The van der Waals surface area contributed by atoms with Crippen LogP contribution in [-0.2, 0) is 6.61 Å². The molecule has 0 bridgehead atoms. The lowest BCUT2D eigenvalue weighted by molar-refractivity contribution is -0.400. The maximum atomic E-state index is 10.3. The minimum absolute atomic E-state index is 0.400. The molecule has 21 heavy (non-hydrogen) atoms. The van der Waals surface area contributed by atoms with Crippen molar-refractivity contribution in [3.63, 3.8) is 0 Å². The van der Waals surface area contributed by atoms with Gasteiger partial charge in [-0.2, -0.15) is 0 Å². The Bertz CT molecular complexity index is 671. The second kappa shape index (κ2) is 7.24. The highest BCUT2D eigenvalue weighted by Crippen LogP contribution is 2.27. The highest BCUT2D eigenvalue weighted by molar-refractivity contribution is 9.10. The second-order valence-corrected chi connectivity index (χ2v) is 5.53. The van der Waals surface area contributed by atoms with Gasteiger partial charge in [-0.1, -0.05) is 45.7 Å². The summed E-state index contributed by atoms with van der Waals surface area (Å²) in [4.78, 5) is 9.74. The molecule has 0 radical (unpaired) electrons. The topological polar surface area (TPSA) is 52.4 Å². The van der Waals surface area contributed by atoms with Crippen molar-refractivity contribution in [2.24, 2.45) is 0 Å². The molecule has 6 heteroatoms. The standard InChI is InChI=1S/C15H11BrClNO3/c16-13-4-1-12(2-5-13)10-21-15-6-3-11(9-14(15)17)7-8-18(19)20/h1-9H,10H2. The molecule has 0 aromatic heterocycles. The van der Waals surface area contributed by atoms with E-state index in [9.17, 15) is 10.1 Å². The van der Waals surface area contributed by atoms with Gasteiger partial charge in [0.05, 0.1) is 9.95 Å². The summed E-state index contributed by atoms with van der Waals surface area (Å²) in [5.74, 6) is 0.540. The molecular weight excluding hydrogens is 358 g/mol. The average Bonchev–Trinajstić information content (AvgIpc) is 2.46. The van der Waals surface area contributed by atoms with E-state index in [0.29, 0.717) is 22.9 Å². The van der Waals surface area contributed by atoms with E-state index in [4.69, 9.17) is 16.3 Å². The summed E-state index contributed by atoms with van der Waals surface area (Å²) >= 11 is 9.47. The third kappa shape index (κ3) is 4.88. The van der Waals surface area contributed by atoms with Gasteiger partial charge in [0.15, 0.2) is 0 Å². The van der Waals surface area contributed by atoms with Gasteiger partial charge in [-0.05, 0) is 35.4 Å². The van der Waals surface area contributed by atoms with Crippen LogP contribution in [-0.4, -0.2) is 4.92 Å². The molecular formula is C15H11BrClNO3. The molecule has 2 aromatic carbocycles. The Balaban J connectivity index is 2.04. The normalized spacial score (nSPS) is 10.8. The highest BCUT2D eigenvalue weighted by atomic mass is 79.9. The van der Waals surface area contributed by atoms with Crippen molar-refractivity contribution in [2.75, 3.05) is 0 Å². The fraction of sp³-hybridized carbons (Fsp3) is 0.0667. The lowest BCUT2D eigenvalue weighted by atomic mass is 10.2. The Morgan fingerprint density at radius 1 is 1.24 bits per heavy atom. The summed E-state index contributed by atoms with van der Waals surface area (Å²) in [7, 11) is 0. The molecule has 0 amide bonds. The summed E-state index contributed by atoms with van der Waals surface area (Å²) in [5.41, 5.74) is 1.67. The van der Waals surface area contributed by atoms with E-state index in [1.807, 2.05) is 24.3 Å². The molecule has 0 fully saturated rings. The molecule has 2 aromatic rings. The third-order valence-corrected chi connectivity index (χ3v) is 3.48. The van der Waals surface area contributed by atoms with Gasteiger partial charge in [0.2, 0.25) is 6.20 Å². The zero-order chi connectivity index (χ0) is 15.2. The van der Waals surface area contributed by atoms with Crippen molar-refractivity contribution in [1.82, 2.24) is 0 Å². The smallest absolute Gasteiger partial charge is 0.235 e. The van der Waals surface area contributed by atoms with E-state index < -0.39 is 4.92 Å². The van der Waals surface area contributed by atoms with E-state index in [1.54, 1.807) is 18.2 Å². The first kappa shape index (κ1) is 15.5. The first-order valence-corrected chi connectivity index (χ1v) is 7.20. The molecule has 108 valence electrons. The summed E-state index contributed by atoms with van der Waals surface area (Å²) in [5, 5.41) is 10.7. The number of ether oxygens (including phenoxy) is 1. The summed E-state index contributed by atoms with van der Waals surface area (Å²) < 4.78 is 6.64. The van der Waals surface area contributed by atoms with Crippen LogP contribution in [0.4, 0.5) is 0 Å². The van der Waals surface area contributed by atoms with Crippen LogP contribution >= 0.6 is 27.5 Å². The van der Waals surface area contributed by atoms with Crippen LogP contribution in [0.3, 0.4) is 0 Å². The Hall–Kier alpha value is -1.85. The maximum absolute atomic E-state index is 10.3. The Labute approximate surface area is 135 Å². The van der Waals surface area contributed by atoms with E-state index >= 15 is 0 Å². The quantitative estimate of drug-likeness (QED) is 0.555. The molecule has 0 unspecified atom stereocenters. The van der Waals surface area contributed by atoms with E-state index in [0.717, 1.165) is 16.2 Å². The molecule has 0 saturated carbocycles. The number of nitrogens with zero attached hydrogens (tertiary/aromatic N) is 1. The van der Waals surface area contributed by atoms with Crippen molar-refractivity contribution < 1.29 is 9.66 Å². The predicted octanol–water partition coefficient (Wildman–Crippen LogP) is 4.93. The maximum Gasteiger partial charge on any atom is 0.235 e. The number of nitro groups is 1. The van der Waals surface area contributed by atoms with Gasteiger partial charge >= 0.3 is 0 Å². The van der Waals surface area contributed by atoms with Gasteiger partial charge < -0.3 is 4.74 Å². The summed E-state index contributed by atoms with van der Waals surface area (Å²) in [6.45, 7) is 0.400. The van der Waals surface area contributed by atoms with Crippen LogP contribution in [0, 0.1) is 10.1 Å². The molecule has 0 aliphatic rings. The molecule has 0 heterocycles. The molecule has 0 N–H and O–H groups in total. The Morgan fingerprint density at radius 3 is 2.57 bits per heavy atom. The fourth-order valence-electron chi connectivity index (χ4n) is 1.63. The zero-order valence-electron chi connectivity index (χ0n) is 10.8. The van der Waals surface area contributed by atoms with Crippen molar-refractivity contribution >= 4 is 33.6 Å². The van der Waals surface area contributed by atoms with Gasteiger partial charge in [0, 0.05) is 10.5 Å². The minimum atomic E-state index is -0.522. The average molecular weight is 369 g/mol. The van der Waals surface area contributed by atoms with Gasteiger partial charge in [-0.15, -0.1) is 0 Å². The molecule has 0 aliphatic carbocycles. The number of hydrogen-bond acceptors (Lipinski definition) is 3. The molecule has 2 rings (SSSR count). The van der Waals surface area contributed by atoms with Crippen LogP contribution in [0.2, 0.25) is 5.02 Å². The van der Waals surface area contributed by atoms with Gasteiger partial charge in [-0.3, -0.25) is 10.1 Å². The number of halogens is 2.